The van der Waals surface area contributed by atoms with E-state index in [4.69, 9.17) is 10.5 Å². The first-order valence-electron chi connectivity index (χ1n) is 7.43. The van der Waals surface area contributed by atoms with Crippen molar-refractivity contribution in [1.29, 1.82) is 0 Å². The lowest BCUT2D eigenvalue weighted by Gasteiger charge is -2.36. The normalized spacial score (nSPS) is 26.9. The van der Waals surface area contributed by atoms with Crippen LogP contribution in [0.25, 0.3) is 0 Å². The quantitative estimate of drug-likeness (QED) is 0.767. The van der Waals surface area contributed by atoms with Crippen LogP contribution in [0.5, 0.6) is 0 Å². The molecule has 2 atom stereocenters. The summed E-state index contributed by atoms with van der Waals surface area (Å²) in [5, 5.41) is 0. The Hall–Kier alpha value is -1.14. The van der Waals surface area contributed by atoms with E-state index in [1.165, 1.54) is 7.11 Å². The molecule has 6 nitrogen and oxygen atoms in total. The predicted molar refractivity (Wildman–Crippen MR) is 74.9 cm³/mol. The molecule has 1 aliphatic carbocycles. The average molecular weight is 283 g/mol. The van der Waals surface area contributed by atoms with Crippen LogP contribution in [-0.2, 0) is 14.3 Å². The third-order valence-electron chi connectivity index (χ3n) is 4.49. The molecule has 0 spiro atoms. The summed E-state index contributed by atoms with van der Waals surface area (Å²) in [6, 6.07) is 0. The predicted octanol–water partition coefficient (Wildman–Crippen LogP) is -0.321. The van der Waals surface area contributed by atoms with Gasteiger partial charge in [-0.3, -0.25) is 9.59 Å². The maximum absolute atomic E-state index is 12.5. The van der Waals surface area contributed by atoms with Crippen molar-refractivity contribution in [3.63, 3.8) is 0 Å². The number of piperazine rings is 1. The molecule has 2 N–H and O–H groups in total. The second-order valence-electron chi connectivity index (χ2n) is 5.67. The highest BCUT2D eigenvalue weighted by molar-refractivity contribution is 5.81. The van der Waals surface area contributed by atoms with Gasteiger partial charge in [0.05, 0.1) is 0 Å². The Balaban J connectivity index is 1.84. The Morgan fingerprint density at radius 1 is 1.15 bits per heavy atom. The van der Waals surface area contributed by atoms with Crippen LogP contribution < -0.4 is 5.73 Å². The molecule has 2 aliphatic rings. The minimum atomic E-state index is 0.000278. The van der Waals surface area contributed by atoms with E-state index >= 15 is 0 Å². The number of rotatable bonds is 4. The maximum atomic E-state index is 12.5. The van der Waals surface area contributed by atoms with Crippen LogP contribution in [0.3, 0.4) is 0 Å². The smallest absolute Gasteiger partial charge is 0.248 e. The summed E-state index contributed by atoms with van der Waals surface area (Å²) in [5.74, 6) is 0.675. The van der Waals surface area contributed by atoms with E-state index in [0.29, 0.717) is 38.6 Å². The lowest BCUT2D eigenvalue weighted by Crippen LogP contribution is -2.53. The second-order valence-corrected chi connectivity index (χ2v) is 5.67. The Bertz CT molecular complexity index is 354. The SMILES string of the molecule is COCC(=O)N1CCN(C(=O)C2CCCC2CN)CC1. The van der Waals surface area contributed by atoms with Gasteiger partial charge in [-0.2, -0.15) is 0 Å². The molecular formula is C14H25N3O3. The van der Waals surface area contributed by atoms with Crippen molar-refractivity contribution in [2.75, 3.05) is 46.4 Å². The summed E-state index contributed by atoms with van der Waals surface area (Å²) in [6.07, 6.45) is 3.13. The van der Waals surface area contributed by atoms with Crippen molar-refractivity contribution in [3.05, 3.63) is 0 Å². The van der Waals surface area contributed by atoms with Gasteiger partial charge >= 0.3 is 0 Å². The van der Waals surface area contributed by atoms with Gasteiger partial charge in [0.1, 0.15) is 6.61 Å². The van der Waals surface area contributed by atoms with Crippen LogP contribution in [0.1, 0.15) is 19.3 Å². The minimum Gasteiger partial charge on any atom is -0.375 e. The van der Waals surface area contributed by atoms with Crippen molar-refractivity contribution in [2.24, 2.45) is 17.6 Å². The average Bonchev–Trinajstić information content (AvgIpc) is 2.95. The molecule has 2 rings (SSSR count). The molecule has 1 saturated heterocycles. The number of carbonyl (C=O) groups is 2. The van der Waals surface area contributed by atoms with E-state index in [0.717, 1.165) is 19.3 Å². The van der Waals surface area contributed by atoms with Crippen LogP contribution >= 0.6 is 0 Å². The zero-order chi connectivity index (χ0) is 14.5. The molecule has 2 fully saturated rings. The minimum absolute atomic E-state index is 0.000278. The lowest BCUT2D eigenvalue weighted by molar-refractivity contribution is -0.144. The standard InChI is InChI=1S/C14H25N3O3/c1-20-10-13(18)16-5-7-17(8-6-16)14(19)12-4-2-3-11(12)9-15/h11-12H,2-10,15H2,1H3. The molecule has 0 aromatic carbocycles. The number of hydrogen-bond donors (Lipinski definition) is 1. The fourth-order valence-electron chi connectivity index (χ4n) is 3.27. The second kappa shape index (κ2) is 7.04. The Morgan fingerprint density at radius 2 is 1.80 bits per heavy atom. The number of methoxy groups -OCH3 is 1. The first-order valence-corrected chi connectivity index (χ1v) is 7.43. The zero-order valence-electron chi connectivity index (χ0n) is 12.2. The van der Waals surface area contributed by atoms with Gasteiger partial charge in [0.2, 0.25) is 11.8 Å². The summed E-state index contributed by atoms with van der Waals surface area (Å²) in [5.41, 5.74) is 5.75. The van der Waals surface area contributed by atoms with Gasteiger partial charge in [0, 0.05) is 39.2 Å². The molecule has 20 heavy (non-hydrogen) atoms. The molecule has 0 radical (unpaired) electrons. The van der Waals surface area contributed by atoms with Gasteiger partial charge in [0.25, 0.3) is 0 Å². The highest BCUT2D eigenvalue weighted by Crippen LogP contribution is 2.32. The van der Waals surface area contributed by atoms with Crippen molar-refractivity contribution in [1.82, 2.24) is 9.80 Å². The molecule has 1 saturated carbocycles. The molecular weight excluding hydrogens is 258 g/mol. The lowest BCUT2D eigenvalue weighted by atomic mass is 9.94. The number of nitrogens with two attached hydrogens (primary N) is 1. The maximum Gasteiger partial charge on any atom is 0.248 e. The third kappa shape index (κ3) is 3.30. The van der Waals surface area contributed by atoms with Crippen molar-refractivity contribution in [3.8, 4) is 0 Å². The van der Waals surface area contributed by atoms with Crippen LogP contribution in [0.4, 0.5) is 0 Å². The fourth-order valence-corrected chi connectivity index (χ4v) is 3.27. The zero-order valence-corrected chi connectivity index (χ0v) is 12.2. The van der Waals surface area contributed by atoms with E-state index in [9.17, 15) is 9.59 Å². The van der Waals surface area contributed by atoms with Crippen LogP contribution in [0.15, 0.2) is 0 Å². The molecule has 2 unspecified atom stereocenters. The first kappa shape index (κ1) is 15.3. The third-order valence-corrected chi connectivity index (χ3v) is 4.49. The Kier molecular flexibility index (Phi) is 5.37. The van der Waals surface area contributed by atoms with E-state index in [1.807, 2.05) is 4.90 Å². The number of carbonyl (C=O) groups excluding carboxylic acids is 2. The molecule has 1 heterocycles. The van der Waals surface area contributed by atoms with Gasteiger partial charge in [-0.25, -0.2) is 0 Å². The highest BCUT2D eigenvalue weighted by atomic mass is 16.5. The van der Waals surface area contributed by atoms with Gasteiger partial charge in [-0.05, 0) is 25.3 Å². The highest BCUT2D eigenvalue weighted by Gasteiger charge is 2.35. The molecule has 0 aromatic rings. The summed E-state index contributed by atoms with van der Waals surface area (Å²) in [4.78, 5) is 27.9. The van der Waals surface area contributed by atoms with E-state index in [1.54, 1.807) is 4.90 Å². The van der Waals surface area contributed by atoms with E-state index in [2.05, 4.69) is 0 Å². The van der Waals surface area contributed by atoms with Gasteiger partial charge in [-0.15, -0.1) is 0 Å². The molecule has 1 aliphatic heterocycles. The number of amides is 2. The molecule has 6 heteroatoms. The largest absolute Gasteiger partial charge is 0.375 e. The van der Waals surface area contributed by atoms with Crippen molar-refractivity contribution >= 4 is 11.8 Å². The summed E-state index contributed by atoms with van der Waals surface area (Å²) < 4.78 is 4.86. The number of hydrogen-bond acceptors (Lipinski definition) is 4. The van der Waals surface area contributed by atoms with Gasteiger partial charge < -0.3 is 20.3 Å². The van der Waals surface area contributed by atoms with Crippen LogP contribution in [0.2, 0.25) is 0 Å². The first-order chi connectivity index (χ1) is 9.67. The summed E-state index contributed by atoms with van der Waals surface area (Å²) in [6.45, 7) is 3.18. The van der Waals surface area contributed by atoms with Crippen LogP contribution in [0, 0.1) is 11.8 Å². The number of nitrogens with zero attached hydrogens (tertiary/aromatic N) is 2. The van der Waals surface area contributed by atoms with Gasteiger partial charge in [0.15, 0.2) is 0 Å². The topological polar surface area (TPSA) is 75.9 Å². The van der Waals surface area contributed by atoms with Crippen molar-refractivity contribution in [2.45, 2.75) is 19.3 Å². The van der Waals surface area contributed by atoms with Gasteiger partial charge in [-0.1, -0.05) is 6.42 Å². The Morgan fingerprint density at radius 3 is 2.40 bits per heavy atom. The molecule has 0 aromatic heterocycles. The monoisotopic (exact) mass is 283 g/mol. The summed E-state index contributed by atoms with van der Waals surface area (Å²) in [7, 11) is 1.52. The fraction of sp³-hybridized carbons (Fsp3) is 0.857. The van der Waals surface area contributed by atoms with Crippen molar-refractivity contribution < 1.29 is 14.3 Å². The molecule has 0 bridgehead atoms. The van der Waals surface area contributed by atoms with E-state index < -0.39 is 0 Å². The van der Waals surface area contributed by atoms with E-state index in [-0.39, 0.29) is 24.3 Å². The Labute approximate surface area is 120 Å². The number of ether oxygens (including phenoxy) is 1. The summed E-state index contributed by atoms with van der Waals surface area (Å²) >= 11 is 0. The molecule has 114 valence electrons. The molecule has 2 amide bonds. The van der Waals surface area contributed by atoms with Crippen LogP contribution in [-0.4, -0.2) is 68.1 Å².